The molecule has 0 aliphatic carbocycles. The summed E-state index contributed by atoms with van der Waals surface area (Å²) in [4.78, 5) is 41.7. The maximum absolute atomic E-state index is 13.1. The van der Waals surface area contributed by atoms with Crippen LogP contribution in [-0.4, -0.2) is 51.0 Å². The van der Waals surface area contributed by atoms with E-state index in [1.165, 1.54) is 42.2 Å². The third kappa shape index (κ3) is 3.86. The van der Waals surface area contributed by atoms with E-state index in [-0.39, 0.29) is 52.1 Å². The number of carbonyl (C=O) groups excluding carboxylic acids is 1. The average molecular weight is 477 g/mol. The SMILES string of the molecule is Cc1noc(C)c1S(=O)(=O)N1CCCC(C(=O)Nc2cnc3c(c2)c(=O)n(C)c(=O)n3C)C1. The molecule has 176 valence electrons. The number of amides is 1. The Hall–Kier alpha value is -3.32. The quantitative estimate of drug-likeness (QED) is 0.564. The molecular weight excluding hydrogens is 452 g/mol. The van der Waals surface area contributed by atoms with Crippen LogP contribution in [0.4, 0.5) is 5.69 Å². The van der Waals surface area contributed by atoms with Gasteiger partial charge in [-0.15, -0.1) is 0 Å². The number of carbonyl (C=O) groups is 1. The van der Waals surface area contributed by atoms with E-state index in [2.05, 4.69) is 15.5 Å². The van der Waals surface area contributed by atoms with E-state index in [0.29, 0.717) is 12.8 Å². The minimum atomic E-state index is -3.86. The number of sulfonamides is 1. The van der Waals surface area contributed by atoms with Crippen molar-refractivity contribution in [3.05, 3.63) is 44.6 Å². The number of hydrogen-bond donors (Lipinski definition) is 1. The third-order valence-corrected chi connectivity index (χ3v) is 7.99. The van der Waals surface area contributed by atoms with Crippen LogP contribution in [0.25, 0.3) is 11.0 Å². The maximum Gasteiger partial charge on any atom is 0.332 e. The average Bonchev–Trinajstić information content (AvgIpc) is 3.14. The lowest BCUT2D eigenvalue weighted by atomic mass is 9.99. The fraction of sp³-hybridized carbons (Fsp3) is 0.450. The van der Waals surface area contributed by atoms with Gasteiger partial charge in [-0.25, -0.2) is 18.2 Å². The van der Waals surface area contributed by atoms with Gasteiger partial charge in [0.05, 0.1) is 23.2 Å². The lowest BCUT2D eigenvalue weighted by Gasteiger charge is -2.31. The zero-order chi connectivity index (χ0) is 24.1. The van der Waals surface area contributed by atoms with Gasteiger partial charge in [-0.2, -0.15) is 4.31 Å². The van der Waals surface area contributed by atoms with Crippen molar-refractivity contribution in [1.29, 1.82) is 0 Å². The number of fused-ring (bicyclic) bond motifs is 1. The standard InChI is InChI=1S/C20H24N6O6S/c1-11-16(12(2)32-23-11)33(30,31)26-7-5-6-13(10-26)18(27)22-14-8-15-17(21-9-14)24(3)20(29)25(4)19(15)28/h8-9,13H,5-7,10H2,1-4H3,(H,22,27). The Morgan fingerprint density at radius 3 is 2.61 bits per heavy atom. The number of nitrogens with one attached hydrogen (secondary N) is 1. The Balaban J connectivity index is 1.57. The number of piperidine rings is 1. The van der Waals surface area contributed by atoms with Crippen molar-refractivity contribution in [2.24, 2.45) is 20.0 Å². The molecule has 1 N–H and O–H groups in total. The molecule has 1 aliphatic heterocycles. The van der Waals surface area contributed by atoms with Crippen molar-refractivity contribution in [2.75, 3.05) is 18.4 Å². The lowest BCUT2D eigenvalue weighted by molar-refractivity contribution is -0.120. The second kappa shape index (κ2) is 8.23. The van der Waals surface area contributed by atoms with Gasteiger partial charge in [-0.3, -0.25) is 18.7 Å². The zero-order valence-corrected chi connectivity index (χ0v) is 19.5. The van der Waals surface area contributed by atoms with Crippen LogP contribution in [0, 0.1) is 19.8 Å². The monoisotopic (exact) mass is 476 g/mol. The van der Waals surface area contributed by atoms with Gasteiger partial charge in [-0.1, -0.05) is 5.16 Å². The maximum atomic E-state index is 13.1. The molecule has 0 aromatic carbocycles. The molecule has 1 atom stereocenters. The van der Waals surface area contributed by atoms with Crippen LogP contribution in [0.2, 0.25) is 0 Å². The molecule has 4 rings (SSSR count). The Labute approximate surface area is 188 Å². The van der Waals surface area contributed by atoms with Crippen molar-refractivity contribution >= 4 is 32.7 Å². The second-order valence-corrected chi connectivity index (χ2v) is 10.0. The van der Waals surface area contributed by atoms with E-state index in [1.807, 2.05) is 0 Å². The van der Waals surface area contributed by atoms with Crippen LogP contribution in [0.15, 0.2) is 31.3 Å². The van der Waals surface area contributed by atoms with Crippen molar-refractivity contribution in [3.63, 3.8) is 0 Å². The van der Waals surface area contributed by atoms with Gasteiger partial charge in [0, 0.05) is 27.2 Å². The highest BCUT2D eigenvalue weighted by atomic mass is 32.2. The molecule has 4 heterocycles. The molecule has 13 heteroatoms. The minimum Gasteiger partial charge on any atom is -0.360 e. The summed E-state index contributed by atoms with van der Waals surface area (Å²) in [5, 5.41) is 6.63. The number of pyridine rings is 1. The summed E-state index contributed by atoms with van der Waals surface area (Å²) >= 11 is 0. The summed E-state index contributed by atoms with van der Waals surface area (Å²) in [7, 11) is -0.987. The summed E-state index contributed by atoms with van der Waals surface area (Å²) < 4.78 is 34.7. The smallest absolute Gasteiger partial charge is 0.332 e. The molecule has 1 aliphatic rings. The van der Waals surface area contributed by atoms with E-state index in [9.17, 15) is 22.8 Å². The molecule has 0 radical (unpaired) electrons. The highest BCUT2D eigenvalue weighted by Gasteiger charge is 2.36. The molecule has 0 saturated carbocycles. The first kappa shape index (κ1) is 22.9. The van der Waals surface area contributed by atoms with Gasteiger partial charge >= 0.3 is 5.69 Å². The van der Waals surface area contributed by atoms with Crippen molar-refractivity contribution in [1.82, 2.24) is 23.6 Å². The molecule has 12 nitrogen and oxygen atoms in total. The van der Waals surface area contributed by atoms with Crippen LogP contribution < -0.4 is 16.6 Å². The molecule has 1 amide bonds. The predicted octanol–water partition coefficient (Wildman–Crippen LogP) is 0.276. The van der Waals surface area contributed by atoms with Crippen LogP contribution in [0.3, 0.4) is 0 Å². The van der Waals surface area contributed by atoms with Crippen LogP contribution >= 0.6 is 0 Å². The number of rotatable bonds is 4. The van der Waals surface area contributed by atoms with Crippen LogP contribution in [0.5, 0.6) is 0 Å². The van der Waals surface area contributed by atoms with Gasteiger partial charge in [0.2, 0.25) is 15.9 Å². The minimum absolute atomic E-state index is 0.00943. The molecule has 3 aromatic heterocycles. The van der Waals surface area contributed by atoms with Gasteiger partial charge in [-0.05, 0) is 32.8 Å². The predicted molar refractivity (Wildman–Crippen MR) is 118 cm³/mol. The largest absolute Gasteiger partial charge is 0.360 e. The van der Waals surface area contributed by atoms with Crippen molar-refractivity contribution in [2.45, 2.75) is 31.6 Å². The number of nitrogens with zero attached hydrogens (tertiary/aromatic N) is 5. The summed E-state index contributed by atoms with van der Waals surface area (Å²) in [6.45, 7) is 3.39. The van der Waals surface area contributed by atoms with E-state index >= 15 is 0 Å². The second-order valence-electron chi connectivity index (χ2n) is 8.15. The lowest BCUT2D eigenvalue weighted by Crippen LogP contribution is -2.44. The van der Waals surface area contributed by atoms with Crippen LogP contribution in [-0.2, 0) is 28.9 Å². The molecule has 1 saturated heterocycles. The Morgan fingerprint density at radius 1 is 1.21 bits per heavy atom. The van der Waals surface area contributed by atoms with E-state index in [1.54, 1.807) is 6.92 Å². The summed E-state index contributed by atoms with van der Waals surface area (Å²) in [5.74, 6) is -0.763. The third-order valence-electron chi connectivity index (χ3n) is 5.88. The number of aromatic nitrogens is 4. The Kier molecular flexibility index (Phi) is 5.70. The fourth-order valence-electron chi connectivity index (χ4n) is 4.12. The van der Waals surface area contributed by atoms with Crippen molar-refractivity contribution in [3.8, 4) is 0 Å². The first-order chi connectivity index (χ1) is 15.5. The molecule has 33 heavy (non-hydrogen) atoms. The first-order valence-electron chi connectivity index (χ1n) is 10.3. The molecule has 1 fully saturated rings. The van der Waals surface area contributed by atoms with E-state index in [4.69, 9.17) is 4.52 Å². The Bertz CT molecular complexity index is 1470. The van der Waals surface area contributed by atoms with Gasteiger partial charge in [0.25, 0.3) is 5.56 Å². The highest BCUT2D eigenvalue weighted by molar-refractivity contribution is 7.89. The molecule has 3 aromatic rings. The summed E-state index contributed by atoms with van der Waals surface area (Å²) in [6.07, 6.45) is 2.39. The molecule has 0 spiro atoms. The van der Waals surface area contributed by atoms with E-state index < -0.39 is 27.2 Å². The van der Waals surface area contributed by atoms with Crippen LogP contribution in [0.1, 0.15) is 24.3 Å². The summed E-state index contributed by atoms with van der Waals surface area (Å²) in [5.41, 5.74) is -0.258. The number of anilines is 1. The normalized spacial score (nSPS) is 17.4. The summed E-state index contributed by atoms with van der Waals surface area (Å²) in [6, 6.07) is 1.46. The zero-order valence-electron chi connectivity index (χ0n) is 18.7. The van der Waals surface area contributed by atoms with Gasteiger partial charge in [0.1, 0.15) is 16.2 Å². The molecular formula is C20H24N6O6S. The number of hydrogen-bond acceptors (Lipinski definition) is 8. The first-order valence-corrected chi connectivity index (χ1v) is 11.8. The van der Waals surface area contributed by atoms with Gasteiger partial charge < -0.3 is 9.84 Å². The van der Waals surface area contributed by atoms with Gasteiger partial charge in [0.15, 0.2) is 5.76 Å². The number of aryl methyl sites for hydroxylation is 3. The van der Waals surface area contributed by atoms with Crippen molar-refractivity contribution < 1.29 is 17.7 Å². The topological polar surface area (TPSA) is 149 Å². The fourth-order valence-corrected chi connectivity index (χ4v) is 5.94. The molecule has 1 unspecified atom stereocenters. The molecule has 0 bridgehead atoms. The van der Waals surface area contributed by atoms with E-state index in [0.717, 1.165) is 4.57 Å². The Morgan fingerprint density at radius 2 is 1.94 bits per heavy atom. The highest BCUT2D eigenvalue weighted by Crippen LogP contribution is 2.28.